The number of aromatic nitrogens is 2. The molecule has 1 N–H and O–H groups in total. The van der Waals surface area contributed by atoms with Crippen LogP contribution in [-0.4, -0.2) is 15.6 Å². The Morgan fingerprint density at radius 1 is 1.07 bits per heavy atom. The molecule has 1 heterocycles. The number of anilines is 2. The highest BCUT2D eigenvalue weighted by Crippen LogP contribution is 2.39. The summed E-state index contributed by atoms with van der Waals surface area (Å²) >= 11 is 12.2. The molecule has 0 fully saturated rings. The summed E-state index contributed by atoms with van der Waals surface area (Å²) in [6.07, 6.45) is 1.11. The molecule has 0 aliphatic heterocycles. The highest BCUT2D eigenvalue weighted by Gasteiger charge is 2.37. The lowest BCUT2D eigenvalue weighted by atomic mass is 9.76. The van der Waals surface area contributed by atoms with E-state index in [-0.39, 0.29) is 17.0 Å². The summed E-state index contributed by atoms with van der Waals surface area (Å²) in [6.45, 7) is 4.11. The Bertz CT molecular complexity index is 1050. The van der Waals surface area contributed by atoms with Crippen LogP contribution in [0.4, 0.5) is 15.9 Å². The zero-order valence-corrected chi connectivity index (χ0v) is 16.9. The minimum absolute atomic E-state index is 0.0234. The first-order valence-corrected chi connectivity index (χ1v) is 9.62. The van der Waals surface area contributed by atoms with Gasteiger partial charge in [-0.05, 0) is 54.3 Å². The minimum atomic E-state index is -0.326. The van der Waals surface area contributed by atoms with Gasteiger partial charge < -0.3 is 5.32 Å². The lowest BCUT2D eigenvalue weighted by Crippen LogP contribution is -2.28. The summed E-state index contributed by atoms with van der Waals surface area (Å²) in [7, 11) is 0. The Labute approximate surface area is 172 Å². The largest absolute Gasteiger partial charge is 0.338 e. The fraction of sp³-hybridized carbons (Fsp3) is 0.238. The maximum absolute atomic E-state index is 13.4. The summed E-state index contributed by atoms with van der Waals surface area (Å²) in [6, 6.07) is 11.1. The summed E-state index contributed by atoms with van der Waals surface area (Å²) in [5.41, 5.74) is 2.52. The van der Waals surface area contributed by atoms with Gasteiger partial charge in [0.15, 0.2) is 11.6 Å². The molecule has 7 heteroatoms. The van der Waals surface area contributed by atoms with Gasteiger partial charge in [0, 0.05) is 22.2 Å². The van der Waals surface area contributed by atoms with Crippen LogP contribution in [0.25, 0.3) is 5.69 Å². The highest BCUT2D eigenvalue weighted by molar-refractivity contribution is 6.35. The summed E-state index contributed by atoms with van der Waals surface area (Å²) in [5.74, 6) is 0.140. The molecule has 28 heavy (non-hydrogen) atoms. The molecule has 0 spiro atoms. The van der Waals surface area contributed by atoms with Gasteiger partial charge in [-0.2, -0.15) is 0 Å². The molecule has 4 nitrogen and oxygen atoms in total. The van der Waals surface area contributed by atoms with E-state index in [4.69, 9.17) is 23.2 Å². The second kappa shape index (κ2) is 6.90. The fourth-order valence-corrected chi connectivity index (χ4v) is 4.12. The third-order valence-corrected chi connectivity index (χ3v) is 5.18. The Morgan fingerprint density at radius 3 is 2.36 bits per heavy atom. The number of ketones is 1. The second-order valence-electron chi connectivity index (χ2n) is 7.78. The third-order valence-electron chi connectivity index (χ3n) is 4.74. The van der Waals surface area contributed by atoms with E-state index in [1.807, 2.05) is 0 Å². The van der Waals surface area contributed by atoms with Gasteiger partial charge in [-0.25, -0.2) is 9.07 Å². The molecule has 0 saturated heterocycles. The van der Waals surface area contributed by atoms with Gasteiger partial charge in [-0.15, -0.1) is 5.10 Å². The zero-order chi connectivity index (χ0) is 20.1. The maximum Gasteiger partial charge on any atom is 0.169 e. The van der Waals surface area contributed by atoms with Crippen molar-refractivity contribution in [2.45, 2.75) is 26.7 Å². The lowest BCUT2D eigenvalue weighted by molar-refractivity contribution is 0.0912. The van der Waals surface area contributed by atoms with Crippen molar-refractivity contribution in [1.82, 2.24) is 9.78 Å². The fourth-order valence-electron chi connectivity index (χ4n) is 3.59. The number of nitrogens with zero attached hydrogens (tertiary/aromatic N) is 2. The first kappa shape index (κ1) is 19.0. The molecule has 3 aromatic rings. The van der Waals surface area contributed by atoms with Gasteiger partial charge in [0.2, 0.25) is 0 Å². The van der Waals surface area contributed by atoms with E-state index in [1.54, 1.807) is 35.0 Å². The van der Waals surface area contributed by atoms with Crippen LogP contribution in [0.3, 0.4) is 0 Å². The number of rotatable bonds is 3. The average Bonchev–Trinajstić information content (AvgIpc) is 2.91. The number of hydrogen-bond donors (Lipinski definition) is 1. The van der Waals surface area contributed by atoms with Crippen LogP contribution in [0.2, 0.25) is 10.0 Å². The molecule has 0 amide bonds. The number of hydrogen-bond acceptors (Lipinski definition) is 3. The van der Waals surface area contributed by atoms with E-state index in [2.05, 4.69) is 24.3 Å². The quantitative estimate of drug-likeness (QED) is 0.550. The van der Waals surface area contributed by atoms with Crippen molar-refractivity contribution in [2.75, 3.05) is 5.32 Å². The highest BCUT2D eigenvalue weighted by atomic mass is 35.5. The zero-order valence-electron chi connectivity index (χ0n) is 15.4. The van der Waals surface area contributed by atoms with E-state index in [0.717, 1.165) is 5.69 Å². The third kappa shape index (κ3) is 3.64. The number of Topliss-reactive ketones (excluding diaryl/α,β-unsaturated/α-hetero) is 1. The van der Waals surface area contributed by atoms with Crippen molar-refractivity contribution < 1.29 is 9.18 Å². The van der Waals surface area contributed by atoms with Crippen molar-refractivity contribution in [2.24, 2.45) is 5.41 Å². The Morgan fingerprint density at radius 2 is 1.71 bits per heavy atom. The van der Waals surface area contributed by atoms with Crippen molar-refractivity contribution >= 4 is 40.5 Å². The van der Waals surface area contributed by atoms with E-state index < -0.39 is 0 Å². The SMILES string of the molecule is CC1(C)CC(=O)c2c(Nc3cc(Cl)cc(Cl)c3)nn(-c3ccc(F)cc3)c2C1. The molecule has 1 aliphatic carbocycles. The summed E-state index contributed by atoms with van der Waals surface area (Å²) in [4.78, 5) is 12.9. The Balaban J connectivity index is 1.85. The normalized spacial score (nSPS) is 15.4. The van der Waals surface area contributed by atoms with E-state index in [9.17, 15) is 9.18 Å². The maximum atomic E-state index is 13.4. The topological polar surface area (TPSA) is 46.9 Å². The minimum Gasteiger partial charge on any atom is -0.338 e. The van der Waals surface area contributed by atoms with Crippen LogP contribution in [0.5, 0.6) is 0 Å². The van der Waals surface area contributed by atoms with E-state index >= 15 is 0 Å². The van der Waals surface area contributed by atoms with E-state index in [1.165, 1.54) is 12.1 Å². The van der Waals surface area contributed by atoms with Crippen molar-refractivity contribution in [3.8, 4) is 5.69 Å². The van der Waals surface area contributed by atoms with Crippen LogP contribution in [-0.2, 0) is 6.42 Å². The Hall–Kier alpha value is -2.37. The lowest BCUT2D eigenvalue weighted by Gasteiger charge is -2.29. The van der Waals surface area contributed by atoms with Gasteiger partial charge in [0.05, 0.1) is 16.9 Å². The van der Waals surface area contributed by atoms with Gasteiger partial charge in [0.1, 0.15) is 5.82 Å². The average molecular weight is 418 g/mol. The van der Waals surface area contributed by atoms with Crippen molar-refractivity contribution in [3.05, 3.63) is 69.6 Å². The molecule has 0 saturated carbocycles. The summed E-state index contributed by atoms with van der Waals surface area (Å²) in [5, 5.41) is 8.78. The number of fused-ring (bicyclic) bond motifs is 1. The van der Waals surface area contributed by atoms with Crippen LogP contribution >= 0.6 is 23.2 Å². The van der Waals surface area contributed by atoms with Gasteiger partial charge in [-0.1, -0.05) is 37.0 Å². The smallest absolute Gasteiger partial charge is 0.169 e. The standard InChI is InChI=1S/C21H18Cl2FN3O/c1-21(2)10-17-19(18(28)11-21)20(25-15-8-12(22)7-13(23)9-15)26-27(17)16-5-3-14(24)4-6-16/h3-9H,10-11H2,1-2H3,(H,25,26). The van der Waals surface area contributed by atoms with Gasteiger partial charge in [0.25, 0.3) is 0 Å². The molecule has 1 aliphatic rings. The van der Waals surface area contributed by atoms with Crippen LogP contribution in [0, 0.1) is 11.2 Å². The van der Waals surface area contributed by atoms with Gasteiger partial charge >= 0.3 is 0 Å². The van der Waals surface area contributed by atoms with E-state index in [0.29, 0.717) is 45.6 Å². The van der Waals surface area contributed by atoms with Crippen molar-refractivity contribution in [1.29, 1.82) is 0 Å². The molecular weight excluding hydrogens is 400 g/mol. The van der Waals surface area contributed by atoms with Crippen molar-refractivity contribution in [3.63, 3.8) is 0 Å². The molecule has 0 bridgehead atoms. The monoisotopic (exact) mass is 417 g/mol. The molecule has 2 aromatic carbocycles. The predicted molar refractivity (Wildman–Crippen MR) is 110 cm³/mol. The molecule has 0 unspecified atom stereocenters. The predicted octanol–water partition coefficient (Wildman–Crippen LogP) is 6.22. The molecule has 1 aromatic heterocycles. The second-order valence-corrected chi connectivity index (χ2v) is 8.66. The molecule has 0 radical (unpaired) electrons. The summed E-state index contributed by atoms with van der Waals surface area (Å²) < 4.78 is 15.1. The Kier molecular flexibility index (Phi) is 4.68. The van der Waals surface area contributed by atoms with Crippen LogP contribution in [0.1, 0.15) is 36.3 Å². The van der Waals surface area contributed by atoms with Crippen LogP contribution < -0.4 is 5.32 Å². The number of carbonyl (C=O) groups excluding carboxylic acids is 1. The number of carbonyl (C=O) groups is 1. The number of benzene rings is 2. The number of halogens is 3. The molecule has 144 valence electrons. The first-order chi connectivity index (χ1) is 13.2. The van der Waals surface area contributed by atoms with Gasteiger partial charge in [-0.3, -0.25) is 4.79 Å². The number of nitrogens with one attached hydrogen (secondary N) is 1. The molecule has 0 atom stereocenters. The molecule has 4 rings (SSSR count). The first-order valence-electron chi connectivity index (χ1n) is 8.86. The van der Waals surface area contributed by atoms with Crippen LogP contribution in [0.15, 0.2) is 42.5 Å². The molecular formula is C21H18Cl2FN3O.